The highest BCUT2D eigenvalue weighted by Crippen LogP contribution is 2.33. The molecule has 4 heterocycles. The molecule has 124 valence electrons. The molecule has 0 aromatic carbocycles. The number of rotatable bonds is 2. The zero-order valence-corrected chi connectivity index (χ0v) is 14.9. The highest BCUT2D eigenvalue weighted by atomic mass is 32.1. The number of aromatic nitrogens is 2. The minimum atomic E-state index is 0.216. The minimum Gasteiger partial charge on any atom is -0.333 e. The molecule has 2 atom stereocenters. The maximum absolute atomic E-state index is 13.1. The lowest BCUT2D eigenvalue weighted by molar-refractivity contribution is 0.0669. The Morgan fingerprint density at radius 3 is 2.65 bits per heavy atom. The van der Waals surface area contributed by atoms with Crippen LogP contribution in [0.25, 0.3) is 10.2 Å². The lowest BCUT2D eigenvalue weighted by atomic mass is 10.0. The molecule has 0 bridgehead atoms. The van der Waals surface area contributed by atoms with E-state index in [4.69, 9.17) is 0 Å². The van der Waals surface area contributed by atoms with Gasteiger partial charge in [0, 0.05) is 31.1 Å². The summed E-state index contributed by atoms with van der Waals surface area (Å²) in [5.74, 6) is 0.216. The number of nitrogens with zero attached hydrogens (tertiary/aromatic N) is 4. The minimum absolute atomic E-state index is 0.216. The van der Waals surface area contributed by atoms with Crippen LogP contribution < -0.4 is 0 Å². The van der Waals surface area contributed by atoms with Crippen molar-refractivity contribution in [1.29, 1.82) is 0 Å². The van der Waals surface area contributed by atoms with Crippen LogP contribution in [-0.4, -0.2) is 57.7 Å². The van der Waals surface area contributed by atoms with Gasteiger partial charge in [0.15, 0.2) is 0 Å². The topological polar surface area (TPSA) is 41.4 Å². The summed E-state index contributed by atoms with van der Waals surface area (Å²) in [7, 11) is 4.15. The van der Waals surface area contributed by atoms with Gasteiger partial charge in [-0.25, -0.2) is 0 Å². The van der Waals surface area contributed by atoms with Crippen LogP contribution in [0.1, 0.15) is 41.0 Å². The predicted molar refractivity (Wildman–Crippen MR) is 93.0 cm³/mol. The number of amides is 1. The zero-order chi connectivity index (χ0) is 16.1. The van der Waals surface area contributed by atoms with Gasteiger partial charge in [0.05, 0.1) is 10.6 Å². The number of likely N-dealkylation sites (tertiary alicyclic amines) is 2. The summed E-state index contributed by atoms with van der Waals surface area (Å²) in [5.41, 5.74) is 1.01. The van der Waals surface area contributed by atoms with E-state index < -0.39 is 0 Å². The van der Waals surface area contributed by atoms with Gasteiger partial charge in [-0.05, 0) is 52.3 Å². The summed E-state index contributed by atoms with van der Waals surface area (Å²) in [6.45, 7) is 4.08. The second kappa shape index (κ2) is 5.60. The van der Waals surface area contributed by atoms with Crippen LogP contribution in [-0.2, 0) is 7.05 Å². The summed E-state index contributed by atoms with van der Waals surface area (Å²) >= 11 is 1.58. The van der Waals surface area contributed by atoms with Gasteiger partial charge in [-0.1, -0.05) is 0 Å². The SMILES string of the molecule is Cc1nn(C)c2sc(C(=O)N3CCC[C@@H]3[C@H]3CCCN3C)cc12. The molecule has 2 aliphatic rings. The van der Waals surface area contributed by atoms with Crippen molar-refractivity contribution < 1.29 is 4.79 Å². The molecular formula is C17H24N4OS. The van der Waals surface area contributed by atoms with E-state index in [0.717, 1.165) is 46.7 Å². The Morgan fingerprint density at radius 2 is 1.96 bits per heavy atom. The molecule has 0 saturated carbocycles. The summed E-state index contributed by atoms with van der Waals surface area (Å²) < 4.78 is 1.89. The van der Waals surface area contributed by atoms with Gasteiger partial charge in [0.25, 0.3) is 5.91 Å². The highest BCUT2D eigenvalue weighted by molar-refractivity contribution is 7.20. The van der Waals surface area contributed by atoms with Gasteiger partial charge in [-0.2, -0.15) is 5.10 Å². The first-order valence-electron chi connectivity index (χ1n) is 8.50. The molecule has 2 aliphatic heterocycles. The highest BCUT2D eigenvalue weighted by Gasteiger charge is 2.39. The Kier molecular flexibility index (Phi) is 3.69. The number of thiophene rings is 1. The van der Waals surface area contributed by atoms with E-state index in [2.05, 4.69) is 21.9 Å². The normalized spacial score (nSPS) is 25.8. The first kappa shape index (κ1) is 15.1. The first-order valence-corrected chi connectivity index (χ1v) is 9.32. The molecule has 0 spiro atoms. The van der Waals surface area contributed by atoms with E-state index in [1.54, 1.807) is 11.3 Å². The van der Waals surface area contributed by atoms with E-state index in [9.17, 15) is 4.79 Å². The fraction of sp³-hybridized carbons (Fsp3) is 0.647. The van der Waals surface area contributed by atoms with Crippen molar-refractivity contribution in [2.75, 3.05) is 20.1 Å². The molecule has 2 aromatic rings. The van der Waals surface area contributed by atoms with E-state index in [0.29, 0.717) is 12.1 Å². The second-order valence-corrected chi connectivity index (χ2v) is 7.97. The van der Waals surface area contributed by atoms with Gasteiger partial charge >= 0.3 is 0 Å². The maximum Gasteiger partial charge on any atom is 0.264 e. The smallest absolute Gasteiger partial charge is 0.264 e. The van der Waals surface area contributed by atoms with Crippen LogP contribution in [0.3, 0.4) is 0 Å². The van der Waals surface area contributed by atoms with Crippen LogP contribution in [0.5, 0.6) is 0 Å². The van der Waals surface area contributed by atoms with Crippen LogP contribution in [0.2, 0.25) is 0 Å². The number of carbonyl (C=O) groups excluding carboxylic acids is 1. The van der Waals surface area contributed by atoms with Gasteiger partial charge in [-0.3, -0.25) is 9.48 Å². The predicted octanol–water partition coefficient (Wildman–Crippen LogP) is 2.64. The molecule has 2 saturated heterocycles. The van der Waals surface area contributed by atoms with Gasteiger partial charge in [-0.15, -0.1) is 11.3 Å². The van der Waals surface area contributed by atoms with Crippen molar-refractivity contribution >= 4 is 27.5 Å². The third-order valence-electron chi connectivity index (χ3n) is 5.49. The average molecular weight is 332 g/mol. The second-order valence-electron chi connectivity index (χ2n) is 6.94. The van der Waals surface area contributed by atoms with Crippen molar-refractivity contribution in [1.82, 2.24) is 19.6 Å². The maximum atomic E-state index is 13.1. The quantitative estimate of drug-likeness (QED) is 0.849. The molecule has 5 nitrogen and oxygen atoms in total. The van der Waals surface area contributed by atoms with Crippen LogP contribution in [0.4, 0.5) is 0 Å². The van der Waals surface area contributed by atoms with E-state index >= 15 is 0 Å². The third-order valence-corrected chi connectivity index (χ3v) is 6.68. The Bertz CT molecular complexity index is 715. The van der Waals surface area contributed by atoms with Crippen molar-refractivity contribution in [3.8, 4) is 0 Å². The van der Waals surface area contributed by atoms with Crippen molar-refractivity contribution in [3.63, 3.8) is 0 Å². The largest absolute Gasteiger partial charge is 0.333 e. The van der Waals surface area contributed by atoms with Crippen LogP contribution in [0, 0.1) is 6.92 Å². The molecule has 0 aliphatic carbocycles. The Balaban J connectivity index is 1.62. The molecule has 2 aromatic heterocycles. The molecule has 6 heteroatoms. The van der Waals surface area contributed by atoms with Crippen molar-refractivity contribution in [3.05, 3.63) is 16.6 Å². The summed E-state index contributed by atoms with van der Waals surface area (Å²) in [6, 6.07) is 2.97. The zero-order valence-electron chi connectivity index (χ0n) is 14.1. The summed E-state index contributed by atoms with van der Waals surface area (Å²) in [4.78, 5) is 19.6. The number of likely N-dealkylation sites (N-methyl/N-ethyl adjacent to an activating group) is 1. The number of hydrogen-bond acceptors (Lipinski definition) is 4. The van der Waals surface area contributed by atoms with Gasteiger partial charge < -0.3 is 9.80 Å². The third kappa shape index (κ3) is 2.39. The molecule has 0 N–H and O–H groups in total. The fourth-order valence-electron chi connectivity index (χ4n) is 4.32. The number of fused-ring (bicyclic) bond motifs is 1. The van der Waals surface area contributed by atoms with Crippen molar-refractivity contribution in [2.45, 2.75) is 44.7 Å². The fourth-order valence-corrected chi connectivity index (χ4v) is 5.40. The number of hydrogen-bond donors (Lipinski definition) is 0. The average Bonchev–Trinajstić information content (AvgIpc) is 3.26. The standard InChI is InChI=1S/C17H24N4OS/c1-11-12-10-15(23-17(12)20(3)18-11)16(22)21-9-5-7-14(21)13-6-4-8-19(13)2/h10,13-14H,4-9H2,1-3H3/t13-,14-/m1/s1. The molecule has 0 unspecified atom stereocenters. The molecule has 2 fully saturated rings. The lowest BCUT2D eigenvalue weighted by Crippen LogP contribution is -2.46. The van der Waals surface area contributed by atoms with Crippen molar-refractivity contribution in [2.24, 2.45) is 7.05 Å². The van der Waals surface area contributed by atoms with E-state index in [-0.39, 0.29) is 5.91 Å². The molecular weight excluding hydrogens is 308 g/mol. The number of aryl methyl sites for hydroxylation is 2. The van der Waals surface area contributed by atoms with E-state index in [1.165, 1.54) is 12.8 Å². The Morgan fingerprint density at radius 1 is 1.22 bits per heavy atom. The van der Waals surface area contributed by atoms with Crippen LogP contribution >= 0.6 is 11.3 Å². The Hall–Kier alpha value is -1.40. The van der Waals surface area contributed by atoms with Crippen LogP contribution in [0.15, 0.2) is 6.07 Å². The Labute approximate surface area is 140 Å². The molecule has 1 amide bonds. The summed E-state index contributed by atoms with van der Waals surface area (Å²) in [6.07, 6.45) is 4.76. The van der Waals surface area contributed by atoms with E-state index in [1.807, 2.05) is 24.7 Å². The molecule has 0 radical (unpaired) electrons. The van der Waals surface area contributed by atoms with Gasteiger partial charge in [0.2, 0.25) is 0 Å². The summed E-state index contributed by atoms with van der Waals surface area (Å²) in [5, 5.41) is 5.55. The first-order chi connectivity index (χ1) is 11.1. The number of carbonyl (C=O) groups is 1. The molecule has 4 rings (SSSR count). The van der Waals surface area contributed by atoms with Gasteiger partial charge in [0.1, 0.15) is 4.83 Å². The molecule has 23 heavy (non-hydrogen) atoms. The monoisotopic (exact) mass is 332 g/mol. The lowest BCUT2D eigenvalue weighted by Gasteiger charge is -2.33.